The Morgan fingerprint density at radius 2 is 0.792 bits per heavy atom. The number of hydrogen-bond acceptors (Lipinski definition) is 8. The summed E-state index contributed by atoms with van der Waals surface area (Å²) in [5.41, 5.74) is 0. The summed E-state index contributed by atoms with van der Waals surface area (Å²) in [6.07, 6.45) is 72.9. The van der Waals surface area contributed by atoms with E-state index in [0.717, 1.165) is 109 Å². The number of hydrogen-bond donors (Lipinski definition) is 0. The van der Waals surface area contributed by atoms with Crippen molar-refractivity contribution in [2.24, 2.45) is 0 Å². The second-order valence-corrected chi connectivity index (χ2v) is 21.3. The molecular weight excluding hydrogens is 918 g/mol. The van der Waals surface area contributed by atoms with Gasteiger partial charge >= 0.3 is 11.9 Å². The van der Waals surface area contributed by atoms with Crippen molar-refractivity contribution in [1.29, 1.82) is 0 Å². The van der Waals surface area contributed by atoms with E-state index >= 15 is 0 Å². The van der Waals surface area contributed by atoms with E-state index in [1.54, 1.807) is 0 Å². The number of allylic oxidation sites excluding steroid dienone is 18. The van der Waals surface area contributed by atoms with Crippen molar-refractivity contribution < 1.29 is 42.1 Å². The smallest absolute Gasteiger partial charge is 0.306 e. The Morgan fingerprint density at radius 3 is 1.18 bits per heavy atom. The van der Waals surface area contributed by atoms with Crippen molar-refractivity contribution in [2.75, 3.05) is 47.5 Å². The summed E-state index contributed by atoms with van der Waals surface area (Å²) in [5, 5.41) is 0. The first-order chi connectivity index (χ1) is 35.0. The Hall–Kier alpha value is -3.33. The van der Waals surface area contributed by atoms with Gasteiger partial charge in [0.2, 0.25) is 0 Å². The maximum atomic E-state index is 12.8. The molecule has 0 radical (unpaired) electrons. The van der Waals surface area contributed by atoms with Gasteiger partial charge in [-0.15, -0.1) is 0 Å². The van der Waals surface area contributed by atoms with Crippen LogP contribution in [0.4, 0.5) is 0 Å². The lowest BCUT2D eigenvalue weighted by molar-refractivity contribution is -0.870. The van der Waals surface area contributed by atoms with Crippen LogP contribution in [0.1, 0.15) is 219 Å². The molecule has 2 atom stereocenters. The molecule has 0 aromatic carbocycles. The van der Waals surface area contributed by atoms with Crippen LogP contribution in [0.2, 0.25) is 0 Å². The predicted octanol–water partition coefficient (Wildman–Crippen LogP) is 17.2. The predicted molar refractivity (Wildman–Crippen MR) is 305 cm³/mol. The first-order valence-electron chi connectivity index (χ1n) is 28.6. The Balaban J connectivity index is 4.08. The number of ether oxygens (including phenoxy) is 2. The molecule has 0 saturated heterocycles. The molecule has 0 amide bonds. The molecule has 412 valence electrons. The summed E-state index contributed by atoms with van der Waals surface area (Å²) < 4.78 is 34.1. The van der Waals surface area contributed by atoms with E-state index in [4.69, 9.17) is 18.5 Å². The highest BCUT2D eigenvalue weighted by Crippen LogP contribution is 2.38. The van der Waals surface area contributed by atoms with Crippen molar-refractivity contribution in [2.45, 2.75) is 225 Å². The van der Waals surface area contributed by atoms with Gasteiger partial charge in [-0.3, -0.25) is 14.2 Å². The highest BCUT2D eigenvalue weighted by molar-refractivity contribution is 7.45. The summed E-state index contributed by atoms with van der Waals surface area (Å²) in [5.74, 6) is -0.856. The van der Waals surface area contributed by atoms with Crippen LogP contribution in [0.15, 0.2) is 109 Å². The minimum atomic E-state index is -4.64. The third kappa shape index (κ3) is 56.0. The molecule has 0 fully saturated rings. The zero-order valence-electron chi connectivity index (χ0n) is 46.6. The van der Waals surface area contributed by atoms with Gasteiger partial charge in [-0.25, -0.2) is 0 Å². The molecule has 0 aromatic heterocycles. The number of phosphoric ester groups is 1. The van der Waals surface area contributed by atoms with Gasteiger partial charge in [-0.1, -0.05) is 220 Å². The molecule has 0 aliphatic carbocycles. The molecule has 0 aliphatic rings. The van der Waals surface area contributed by atoms with Crippen LogP contribution in [0.5, 0.6) is 0 Å². The number of unbranched alkanes of at least 4 members (excludes halogenated alkanes) is 19. The quantitative estimate of drug-likeness (QED) is 0.0195. The van der Waals surface area contributed by atoms with Crippen LogP contribution in [-0.4, -0.2) is 70.0 Å². The van der Waals surface area contributed by atoms with Gasteiger partial charge in [0.15, 0.2) is 6.10 Å². The van der Waals surface area contributed by atoms with Gasteiger partial charge in [0.1, 0.15) is 19.8 Å². The van der Waals surface area contributed by atoms with Crippen molar-refractivity contribution in [1.82, 2.24) is 0 Å². The Labute approximate surface area is 442 Å². The first-order valence-corrected chi connectivity index (χ1v) is 30.1. The second kappa shape index (κ2) is 52.5. The molecule has 0 spiro atoms. The lowest BCUT2D eigenvalue weighted by atomic mass is 10.0. The molecule has 0 aromatic rings. The van der Waals surface area contributed by atoms with Crippen LogP contribution in [-0.2, 0) is 32.7 Å². The van der Waals surface area contributed by atoms with Crippen molar-refractivity contribution in [3.63, 3.8) is 0 Å². The van der Waals surface area contributed by atoms with E-state index in [2.05, 4.69) is 123 Å². The Bertz CT molecular complexity index is 1580. The van der Waals surface area contributed by atoms with Crippen molar-refractivity contribution in [3.05, 3.63) is 109 Å². The number of carbonyl (C=O) groups is 2. The fourth-order valence-electron chi connectivity index (χ4n) is 7.38. The molecular formula is C62H106NO8P. The van der Waals surface area contributed by atoms with E-state index < -0.39 is 32.5 Å². The van der Waals surface area contributed by atoms with Crippen LogP contribution in [0.25, 0.3) is 0 Å². The molecule has 0 bridgehead atoms. The zero-order valence-corrected chi connectivity index (χ0v) is 47.5. The van der Waals surface area contributed by atoms with E-state index in [-0.39, 0.29) is 26.1 Å². The zero-order chi connectivity index (χ0) is 52.7. The van der Waals surface area contributed by atoms with Crippen LogP contribution in [0.3, 0.4) is 0 Å². The van der Waals surface area contributed by atoms with Crippen molar-refractivity contribution >= 4 is 19.8 Å². The standard InChI is InChI=1S/C62H106NO8P/c1-6-8-10-12-14-16-18-20-21-22-23-24-25-26-27-28-29-30-31-32-33-34-35-36-37-38-39-40-41-43-45-47-49-51-53-55-62(65)71-60(59-70-72(66,67)69-57-56-63(3,4)5)58-68-61(64)54-52-50-48-46-44-42-19-17-15-13-11-9-7-2/h8,10-11,13-14,16-17,19-21,23-24,26-27,29-30,32-33,60H,6-7,9,12,15,18,22,25,28,31,34-59H2,1-5H3/b10-8-,13-11-,16-14-,19-17-,21-20-,24-23-,27-26-,30-29-,33-32-. The lowest BCUT2D eigenvalue weighted by Gasteiger charge is -2.28. The molecule has 0 rings (SSSR count). The molecule has 0 aliphatic heterocycles. The SMILES string of the molecule is CC/C=C\C/C=C\C/C=C\C/C=C\C/C=C\C/C=C\C/C=C\CCCCCCCCCCCCCCCC(=O)OC(COC(=O)CCCCCCC/C=C\C/C=C\CCC)COP(=O)([O-])OCC[N+](C)(C)C. The van der Waals surface area contributed by atoms with E-state index in [9.17, 15) is 19.0 Å². The number of quaternary nitrogens is 1. The topological polar surface area (TPSA) is 111 Å². The van der Waals surface area contributed by atoms with Gasteiger partial charge in [0.05, 0.1) is 27.7 Å². The van der Waals surface area contributed by atoms with E-state index in [0.29, 0.717) is 23.9 Å². The summed E-state index contributed by atoms with van der Waals surface area (Å²) in [6, 6.07) is 0. The number of nitrogens with zero attached hydrogens (tertiary/aromatic N) is 1. The van der Waals surface area contributed by atoms with Crippen LogP contribution >= 0.6 is 7.82 Å². The van der Waals surface area contributed by atoms with Crippen molar-refractivity contribution in [3.8, 4) is 0 Å². The maximum absolute atomic E-state index is 12.8. The van der Waals surface area contributed by atoms with Gasteiger partial charge in [-0.05, 0) is 96.3 Å². The highest BCUT2D eigenvalue weighted by Gasteiger charge is 2.21. The molecule has 9 nitrogen and oxygen atoms in total. The third-order valence-corrected chi connectivity index (χ3v) is 12.7. The van der Waals surface area contributed by atoms with Crippen LogP contribution in [0, 0.1) is 0 Å². The summed E-state index contributed by atoms with van der Waals surface area (Å²) in [4.78, 5) is 37.7. The molecule has 0 saturated carbocycles. The fourth-order valence-corrected chi connectivity index (χ4v) is 8.11. The minimum Gasteiger partial charge on any atom is -0.756 e. The monoisotopic (exact) mass is 1020 g/mol. The van der Waals surface area contributed by atoms with Gasteiger partial charge in [-0.2, -0.15) is 0 Å². The summed E-state index contributed by atoms with van der Waals surface area (Å²) in [7, 11) is 1.15. The maximum Gasteiger partial charge on any atom is 0.306 e. The number of likely N-dealkylation sites (N-methyl/N-ethyl adjacent to an activating group) is 1. The number of esters is 2. The van der Waals surface area contributed by atoms with Gasteiger partial charge in [0, 0.05) is 12.8 Å². The minimum absolute atomic E-state index is 0.0378. The average Bonchev–Trinajstić information content (AvgIpc) is 3.34. The molecule has 2 unspecified atom stereocenters. The van der Waals surface area contributed by atoms with Crippen LogP contribution < -0.4 is 4.89 Å². The molecule has 72 heavy (non-hydrogen) atoms. The summed E-state index contributed by atoms with van der Waals surface area (Å²) >= 11 is 0. The molecule has 10 heteroatoms. The molecule has 0 heterocycles. The number of phosphoric acid groups is 1. The van der Waals surface area contributed by atoms with E-state index in [1.807, 2.05) is 21.1 Å². The third-order valence-electron chi connectivity index (χ3n) is 11.8. The van der Waals surface area contributed by atoms with E-state index in [1.165, 1.54) is 70.6 Å². The highest BCUT2D eigenvalue weighted by atomic mass is 31.2. The van der Waals surface area contributed by atoms with Gasteiger partial charge < -0.3 is 27.9 Å². The Kier molecular flexibility index (Phi) is 50.1. The molecule has 0 N–H and O–H groups in total. The lowest BCUT2D eigenvalue weighted by Crippen LogP contribution is -2.37. The van der Waals surface area contributed by atoms with Gasteiger partial charge in [0.25, 0.3) is 7.82 Å². The second-order valence-electron chi connectivity index (χ2n) is 19.9. The number of carbonyl (C=O) groups excluding carboxylic acids is 2. The summed E-state index contributed by atoms with van der Waals surface area (Å²) in [6.45, 7) is 4.03. The largest absolute Gasteiger partial charge is 0.756 e. The fraction of sp³-hybridized carbons (Fsp3) is 0.677. The number of rotatable bonds is 51. The Morgan fingerprint density at radius 1 is 0.444 bits per heavy atom. The average molecular weight is 1020 g/mol. The normalized spacial score (nSPS) is 14.1. The first kappa shape index (κ1) is 68.7.